The predicted octanol–water partition coefficient (Wildman–Crippen LogP) is 1.39. The van der Waals surface area contributed by atoms with E-state index in [1.54, 1.807) is 12.3 Å². The van der Waals surface area contributed by atoms with Gasteiger partial charge in [-0.1, -0.05) is 10.6 Å². The fourth-order valence-corrected chi connectivity index (χ4v) is 2.21. The van der Waals surface area contributed by atoms with Crippen LogP contribution in [-0.2, 0) is 0 Å². The number of hydrogen-bond donors (Lipinski definition) is 1. The van der Waals surface area contributed by atoms with Crippen molar-refractivity contribution in [2.75, 3.05) is 13.2 Å². The minimum Gasteiger partial charge on any atom is -0.486 e. The molecule has 1 aliphatic heterocycles. The van der Waals surface area contributed by atoms with Gasteiger partial charge in [0.2, 0.25) is 0 Å². The SMILES string of the molecule is OC(c1ccc2c(c1)OCCO2)c1cnns1. The molecule has 0 bridgehead atoms. The summed E-state index contributed by atoms with van der Waals surface area (Å²) in [5, 5.41) is 13.8. The van der Waals surface area contributed by atoms with Crippen molar-refractivity contribution >= 4 is 11.5 Å². The molecule has 0 aliphatic carbocycles. The van der Waals surface area contributed by atoms with Gasteiger partial charge in [-0.2, -0.15) is 0 Å². The largest absolute Gasteiger partial charge is 0.486 e. The molecule has 3 rings (SSSR count). The normalized spacial score (nSPS) is 15.6. The molecule has 1 N–H and O–H groups in total. The summed E-state index contributed by atoms with van der Waals surface area (Å²) in [5.74, 6) is 1.39. The molecule has 6 heteroatoms. The number of fused-ring (bicyclic) bond motifs is 1. The number of benzene rings is 1. The Hall–Kier alpha value is -1.66. The zero-order chi connectivity index (χ0) is 11.7. The van der Waals surface area contributed by atoms with Crippen molar-refractivity contribution in [3.05, 3.63) is 34.8 Å². The number of aliphatic hydroxyl groups excluding tert-OH is 1. The quantitative estimate of drug-likeness (QED) is 0.872. The van der Waals surface area contributed by atoms with Crippen LogP contribution in [0.2, 0.25) is 0 Å². The molecule has 0 saturated carbocycles. The third-order valence-electron chi connectivity index (χ3n) is 2.53. The Morgan fingerprint density at radius 2 is 2.06 bits per heavy atom. The second-order valence-corrected chi connectivity index (χ2v) is 4.44. The minimum atomic E-state index is -0.717. The zero-order valence-corrected chi connectivity index (χ0v) is 9.68. The minimum absolute atomic E-state index is 0.536. The van der Waals surface area contributed by atoms with Crippen LogP contribution in [0.5, 0.6) is 11.5 Å². The van der Waals surface area contributed by atoms with E-state index in [9.17, 15) is 5.11 Å². The van der Waals surface area contributed by atoms with Gasteiger partial charge in [-0.15, -0.1) is 5.10 Å². The molecule has 2 aromatic rings. The molecule has 5 nitrogen and oxygen atoms in total. The first kappa shape index (κ1) is 10.5. The summed E-state index contributed by atoms with van der Waals surface area (Å²) in [7, 11) is 0. The van der Waals surface area contributed by atoms with Gasteiger partial charge in [0.15, 0.2) is 11.5 Å². The zero-order valence-electron chi connectivity index (χ0n) is 8.87. The Morgan fingerprint density at radius 3 is 2.82 bits per heavy atom. The highest BCUT2D eigenvalue weighted by Gasteiger charge is 2.17. The lowest BCUT2D eigenvalue weighted by molar-refractivity contribution is 0.170. The van der Waals surface area contributed by atoms with E-state index in [1.165, 1.54) is 11.5 Å². The highest BCUT2D eigenvalue weighted by molar-refractivity contribution is 7.05. The highest BCUT2D eigenvalue weighted by atomic mass is 32.1. The predicted molar refractivity (Wildman–Crippen MR) is 61.4 cm³/mol. The summed E-state index contributed by atoms with van der Waals surface area (Å²) in [5.41, 5.74) is 0.750. The second-order valence-electron chi connectivity index (χ2n) is 3.63. The number of aliphatic hydroxyl groups is 1. The van der Waals surface area contributed by atoms with Crippen molar-refractivity contribution in [1.82, 2.24) is 9.59 Å². The summed E-state index contributed by atoms with van der Waals surface area (Å²) < 4.78 is 14.6. The summed E-state index contributed by atoms with van der Waals surface area (Å²) in [6.07, 6.45) is 0.845. The van der Waals surface area contributed by atoms with Crippen LogP contribution < -0.4 is 9.47 Å². The van der Waals surface area contributed by atoms with Gasteiger partial charge in [0.05, 0.1) is 11.1 Å². The van der Waals surface area contributed by atoms with Gasteiger partial charge in [-0.25, -0.2) is 0 Å². The van der Waals surface area contributed by atoms with Gasteiger partial charge < -0.3 is 14.6 Å². The fourth-order valence-electron chi connectivity index (χ4n) is 1.69. The Kier molecular flexibility index (Phi) is 2.66. The number of rotatable bonds is 2. The molecular formula is C11H10N2O3S. The van der Waals surface area contributed by atoms with Gasteiger partial charge in [0.1, 0.15) is 19.3 Å². The lowest BCUT2D eigenvalue weighted by Gasteiger charge is -2.19. The first-order valence-corrected chi connectivity index (χ1v) is 5.97. The van der Waals surface area contributed by atoms with Crippen LogP contribution in [-0.4, -0.2) is 27.9 Å². The van der Waals surface area contributed by atoms with Gasteiger partial charge >= 0.3 is 0 Å². The molecule has 0 saturated heterocycles. The number of aromatic nitrogens is 2. The molecule has 0 radical (unpaired) electrons. The lowest BCUT2D eigenvalue weighted by Crippen LogP contribution is -2.15. The average molecular weight is 250 g/mol. The summed E-state index contributed by atoms with van der Waals surface area (Å²) in [4.78, 5) is 0.710. The lowest BCUT2D eigenvalue weighted by atomic mass is 10.1. The third-order valence-corrected chi connectivity index (χ3v) is 3.25. The summed E-state index contributed by atoms with van der Waals surface area (Å²) in [6, 6.07) is 5.41. The van der Waals surface area contributed by atoms with Crippen LogP contribution in [0, 0.1) is 0 Å². The Labute approximate surface area is 102 Å². The molecule has 0 spiro atoms. The van der Waals surface area contributed by atoms with Crippen molar-refractivity contribution in [3.8, 4) is 11.5 Å². The van der Waals surface area contributed by atoms with E-state index in [0.29, 0.717) is 23.8 Å². The van der Waals surface area contributed by atoms with Gasteiger partial charge in [-0.05, 0) is 29.2 Å². The number of ether oxygens (including phenoxy) is 2. The molecule has 0 amide bonds. The monoisotopic (exact) mass is 250 g/mol. The molecule has 1 aromatic carbocycles. The molecule has 1 aromatic heterocycles. The number of hydrogen-bond acceptors (Lipinski definition) is 6. The van der Waals surface area contributed by atoms with Crippen LogP contribution >= 0.6 is 11.5 Å². The smallest absolute Gasteiger partial charge is 0.161 e. The van der Waals surface area contributed by atoms with Crippen LogP contribution in [0.4, 0.5) is 0 Å². The first-order valence-electron chi connectivity index (χ1n) is 5.19. The molecule has 2 heterocycles. The number of nitrogens with zero attached hydrogens (tertiary/aromatic N) is 2. The molecule has 1 aliphatic rings. The van der Waals surface area contributed by atoms with Crippen LogP contribution in [0.15, 0.2) is 24.4 Å². The molecule has 1 atom stereocenters. The molecule has 0 fully saturated rings. The maximum absolute atomic E-state index is 10.1. The maximum Gasteiger partial charge on any atom is 0.161 e. The topological polar surface area (TPSA) is 64.5 Å². The van der Waals surface area contributed by atoms with Crippen molar-refractivity contribution in [3.63, 3.8) is 0 Å². The fraction of sp³-hybridized carbons (Fsp3) is 0.273. The molecule has 1 unspecified atom stereocenters. The average Bonchev–Trinajstić information content (AvgIpc) is 2.91. The molecule has 88 valence electrons. The maximum atomic E-state index is 10.1. The van der Waals surface area contributed by atoms with E-state index in [-0.39, 0.29) is 0 Å². The van der Waals surface area contributed by atoms with E-state index in [2.05, 4.69) is 9.59 Å². The van der Waals surface area contributed by atoms with Gasteiger partial charge in [0, 0.05) is 0 Å². The Bertz CT molecular complexity index is 515. The second kappa shape index (κ2) is 4.31. The van der Waals surface area contributed by atoms with Gasteiger partial charge in [-0.3, -0.25) is 0 Å². The van der Waals surface area contributed by atoms with Crippen LogP contribution in [0.25, 0.3) is 0 Å². The van der Waals surface area contributed by atoms with Crippen molar-refractivity contribution < 1.29 is 14.6 Å². The van der Waals surface area contributed by atoms with Crippen molar-refractivity contribution in [2.24, 2.45) is 0 Å². The van der Waals surface area contributed by atoms with Crippen LogP contribution in [0.3, 0.4) is 0 Å². The standard InChI is InChI=1S/C11H10N2O3S/c14-11(10-6-12-13-17-10)7-1-2-8-9(5-7)16-4-3-15-8/h1-2,5-6,11,14H,3-4H2. The molecular weight excluding hydrogens is 240 g/mol. The highest BCUT2D eigenvalue weighted by Crippen LogP contribution is 2.34. The van der Waals surface area contributed by atoms with Crippen molar-refractivity contribution in [2.45, 2.75) is 6.10 Å². The van der Waals surface area contributed by atoms with Gasteiger partial charge in [0.25, 0.3) is 0 Å². The van der Waals surface area contributed by atoms with Crippen molar-refractivity contribution in [1.29, 1.82) is 0 Å². The summed E-state index contributed by atoms with van der Waals surface area (Å²) >= 11 is 1.18. The van der Waals surface area contributed by atoms with E-state index < -0.39 is 6.10 Å². The molecule has 17 heavy (non-hydrogen) atoms. The first-order chi connectivity index (χ1) is 8.34. The summed E-state index contributed by atoms with van der Waals surface area (Å²) in [6.45, 7) is 1.10. The third kappa shape index (κ3) is 1.96. The Balaban J connectivity index is 1.93. The van der Waals surface area contributed by atoms with E-state index >= 15 is 0 Å². The van der Waals surface area contributed by atoms with E-state index in [4.69, 9.17) is 9.47 Å². The van der Waals surface area contributed by atoms with Crippen LogP contribution in [0.1, 0.15) is 16.5 Å². The Morgan fingerprint density at radius 1 is 1.24 bits per heavy atom. The van der Waals surface area contributed by atoms with E-state index in [0.717, 1.165) is 11.3 Å². The van der Waals surface area contributed by atoms with E-state index in [1.807, 2.05) is 12.1 Å².